The zero-order valence-corrected chi connectivity index (χ0v) is 15.9. The van der Waals surface area contributed by atoms with Crippen molar-refractivity contribution in [1.29, 1.82) is 0 Å². The van der Waals surface area contributed by atoms with Crippen molar-refractivity contribution in [2.45, 2.75) is 43.7 Å². The Morgan fingerprint density at radius 2 is 2.07 bits per heavy atom. The van der Waals surface area contributed by atoms with Crippen molar-refractivity contribution in [3.8, 4) is 17.1 Å². The lowest BCUT2D eigenvalue weighted by atomic mass is 9.86. The van der Waals surface area contributed by atoms with Gasteiger partial charge in [0.05, 0.1) is 11.7 Å². The van der Waals surface area contributed by atoms with Crippen LogP contribution < -0.4 is 10.1 Å². The summed E-state index contributed by atoms with van der Waals surface area (Å²) in [5.74, 6) is 0.762. The molecule has 1 aliphatic carbocycles. The maximum atomic E-state index is 13.0. The van der Waals surface area contributed by atoms with Gasteiger partial charge in [-0.25, -0.2) is 0 Å². The number of nitrogens with zero attached hydrogens (tertiary/aromatic N) is 2. The highest BCUT2D eigenvalue weighted by Gasteiger charge is 2.43. The van der Waals surface area contributed by atoms with E-state index < -0.39 is 0 Å². The zero-order valence-electron chi connectivity index (χ0n) is 15.9. The van der Waals surface area contributed by atoms with Crippen molar-refractivity contribution in [3.63, 3.8) is 0 Å². The summed E-state index contributed by atoms with van der Waals surface area (Å²) < 4.78 is 8.37. The Balaban J connectivity index is 1.40. The monoisotopic (exact) mass is 376 g/mol. The van der Waals surface area contributed by atoms with E-state index in [9.17, 15) is 4.79 Å². The molecule has 144 valence electrons. The van der Waals surface area contributed by atoms with Gasteiger partial charge in [-0.3, -0.25) is 9.89 Å². The van der Waals surface area contributed by atoms with Crippen LogP contribution >= 0.6 is 0 Å². The van der Waals surface area contributed by atoms with Crippen molar-refractivity contribution in [2.75, 3.05) is 0 Å². The number of hydrogen-bond donors (Lipinski definition) is 2. The number of carbonyl (C=O) groups excluding carboxylic acids is 1. The maximum Gasteiger partial charge on any atom is 0.269 e. The van der Waals surface area contributed by atoms with Gasteiger partial charge < -0.3 is 14.6 Å². The predicted octanol–water partition coefficient (Wildman–Crippen LogP) is 3.98. The van der Waals surface area contributed by atoms with E-state index in [0.717, 1.165) is 42.0 Å². The highest BCUT2D eigenvalue weighted by Crippen LogP contribution is 2.47. The van der Waals surface area contributed by atoms with Crippen LogP contribution in [0.5, 0.6) is 5.75 Å². The van der Waals surface area contributed by atoms with E-state index in [-0.39, 0.29) is 17.6 Å². The van der Waals surface area contributed by atoms with E-state index in [0.29, 0.717) is 5.69 Å². The first-order valence-electron chi connectivity index (χ1n) is 9.89. The number of H-pyrrole nitrogens is 1. The summed E-state index contributed by atoms with van der Waals surface area (Å²) in [7, 11) is 1.96. The predicted molar refractivity (Wildman–Crippen MR) is 106 cm³/mol. The Hall–Kier alpha value is -3.02. The summed E-state index contributed by atoms with van der Waals surface area (Å²) in [5.41, 5.74) is 3.11. The largest absolute Gasteiger partial charge is 0.487 e. The van der Waals surface area contributed by atoms with E-state index in [2.05, 4.69) is 15.5 Å². The minimum absolute atomic E-state index is 0.0580. The van der Waals surface area contributed by atoms with Crippen molar-refractivity contribution < 1.29 is 9.53 Å². The van der Waals surface area contributed by atoms with Gasteiger partial charge in [-0.1, -0.05) is 18.2 Å². The molecule has 5 rings (SSSR count). The van der Waals surface area contributed by atoms with Gasteiger partial charge in [-0.2, -0.15) is 5.10 Å². The molecule has 1 aromatic carbocycles. The van der Waals surface area contributed by atoms with Crippen LogP contribution in [0, 0.1) is 0 Å². The summed E-state index contributed by atoms with van der Waals surface area (Å²) in [6.45, 7) is 0. The smallest absolute Gasteiger partial charge is 0.269 e. The van der Waals surface area contributed by atoms with Crippen LogP contribution in [0.3, 0.4) is 0 Å². The van der Waals surface area contributed by atoms with Crippen LogP contribution in [-0.4, -0.2) is 26.3 Å². The van der Waals surface area contributed by atoms with Crippen LogP contribution in [0.1, 0.15) is 54.2 Å². The maximum absolute atomic E-state index is 13.0. The second-order valence-corrected chi connectivity index (χ2v) is 7.93. The van der Waals surface area contributed by atoms with Gasteiger partial charge in [0.25, 0.3) is 5.91 Å². The van der Waals surface area contributed by atoms with E-state index in [1.54, 1.807) is 6.07 Å². The number of fused-ring (bicyclic) bond motifs is 1. The molecule has 0 radical (unpaired) electrons. The molecule has 1 atom stereocenters. The molecule has 0 unspecified atom stereocenters. The lowest BCUT2D eigenvalue weighted by Gasteiger charge is -2.40. The molecule has 6 nitrogen and oxygen atoms in total. The van der Waals surface area contributed by atoms with Crippen molar-refractivity contribution >= 4 is 5.91 Å². The molecule has 28 heavy (non-hydrogen) atoms. The molecule has 3 aromatic rings. The summed E-state index contributed by atoms with van der Waals surface area (Å²) in [4.78, 5) is 13.0. The molecule has 1 spiro atoms. The molecule has 1 aliphatic heterocycles. The van der Waals surface area contributed by atoms with Gasteiger partial charge >= 0.3 is 0 Å². The average Bonchev–Trinajstić information content (AvgIpc) is 3.43. The molecule has 2 aliphatic rings. The van der Waals surface area contributed by atoms with Crippen molar-refractivity contribution in [3.05, 3.63) is 59.9 Å². The number of benzene rings is 1. The quantitative estimate of drug-likeness (QED) is 0.726. The van der Waals surface area contributed by atoms with Gasteiger partial charge in [0.1, 0.15) is 22.7 Å². The van der Waals surface area contributed by atoms with Crippen LogP contribution in [0.15, 0.2) is 48.7 Å². The minimum atomic E-state index is -0.144. The standard InChI is InChI=1S/C22H24N4O2/c1-26-12-6-8-19(26)16-13-17(25-24-16)21(27)23-18-14-22(10-4-5-11-22)28-20-9-3-2-7-15(18)20/h2-3,6-9,12-13,18H,4-5,10-11,14H2,1H3,(H,23,27)(H,24,25)/t18-/m1/s1. The third-order valence-corrected chi connectivity index (χ3v) is 6.05. The highest BCUT2D eigenvalue weighted by molar-refractivity contribution is 5.93. The van der Waals surface area contributed by atoms with E-state index >= 15 is 0 Å². The van der Waals surface area contributed by atoms with Crippen LogP contribution in [0.4, 0.5) is 0 Å². The van der Waals surface area contributed by atoms with E-state index in [1.807, 2.05) is 54.2 Å². The number of aromatic nitrogens is 3. The fraction of sp³-hybridized carbons (Fsp3) is 0.364. The van der Waals surface area contributed by atoms with E-state index in [1.165, 1.54) is 12.8 Å². The zero-order chi connectivity index (χ0) is 19.1. The third-order valence-electron chi connectivity index (χ3n) is 6.05. The summed E-state index contributed by atoms with van der Waals surface area (Å²) >= 11 is 0. The Labute approximate surface area is 163 Å². The number of aryl methyl sites for hydroxylation is 1. The Morgan fingerprint density at radius 1 is 1.25 bits per heavy atom. The van der Waals surface area contributed by atoms with Gasteiger partial charge in [-0.05, 0) is 49.9 Å². The third kappa shape index (κ3) is 2.89. The van der Waals surface area contributed by atoms with Gasteiger partial charge in [0.15, 0.2) is 0 Å². The Morgan fingerprint density at radius 3 is 2.86 bits per heavy atom. The summed E-state index contributed by atoms with van der Waals surface area (Å²) in [5, 5.41) is 10.4. The number of rotatable bonds is 3. The molecule has 0 bridgehead atoms. The Kier molecular flexibility index (Phi) is 4.00. The van der Waals surface area contributed by atoms with Crippen molar-refractivity contribution in [2.24, 2.45) is 7.05 Å². The van der Waals surface area contributed by atoms with Crippen LogP contribution in [-0.2, 0) is 7.05 Å². The molecule has 1 fully saturated rings. The second-order valence-electron chi connectivity index (χ2n) is 7.93. The summed E-state index contributed by atoms with van der Waals surface area (Å²) in [6, 6.07) is 13.7. The normalized spacial score (nSPS) is 20.0. The summed E-state index contributed by atoms with van der Waals surface area (Å²) in [6.07, 6.45) is 7.25. The first-order valence-corrected chi connectivity index (χ1v) is 9.89. The number of hydrogen-bond acceptors (Lipinski definition) is 3. The SMILES string of the molecule is Cn1cccc1-c1cc(C(=O)N[C@@H]2CC3(CCCC3)Oc3ccccc32)[nH]n1. The number of amides is 1. The lowest BCUT2D eigenvalue weighted by molar-refractivity contribution is 0.0360. The lowest BCUT2D eigenvalue weighted by Crippen LogP contribution is -2.43. The highest BCUT2D eigenvalue weighted by atomic mass is 16.5. The number of ether oxygens (including phenoxy) is 1. The molecule has 2 N–H and O–H groups in total. The molecular weight excluding hydrogens is 352 g/mol. The topological polar surface area (TPSA) is 71.9 Å². The number of nitrogens with one attached hydrogen (secondary N) is 2. The first kappa shape index (κ1) is 17.1. The minimum Gasteiger partial charge on any atom is -0.487 e. The van der Waals surface area contributed by atoms with Crippen LogP contribution in [0.2, 0.25) is 0 Å². The average molecular weight is 376 g/mol. The molecule has 1 amide bonds. The van der Waals surface area contributed by atoms with Gasteiger partial charge in [0, 0.05) is 25.2 Å². The Bertz CT molecular complexity index is 1010. The molecule has 6 heteroatoms. The molecule has 1 saturated carbocycles. The molecule has 3 heterocycles. The molecule has 0 saturated heterocycles. The number of para-hydroxylation sites is 1. The van der Waals surface area contributed by atoms with Gasteiger partial charge in [-0.15, -0.1) is 0 Å². The first-order chi connectivity index (χ1) is 13.6. The number of carbonyl (C=O) groups is 1. The fourth-order valence-corrected chi connectivity index (χ4v) is 4.61. The van der Waals surface area contributed by atoms with E-state index in [4.69, 9.17) is 4.74 Å². The van der Waals surface area contributed by atoms with Crippen molar-refractivity contribution in [1.82, 2.24) is 20.1 Å². The molecular formula is C22H24N4O2. The van der Waals surface area contributed by atoms with Crippen LogP contribution in [0.25, 0.3) is 11.4 Å². The second kappa shape index (κ2) is 6.55. The number of aromatic amines is 1. The fourth-order valence-electron chi connectivity index (χ4n) is 4.61. The van der Waals surface area contributed by atoms with Gasteiger partial charge in [0.2, 0.25) is 0 Å². The molecule has 2 aromatic heterocycles.